The molecule has 1 aliphatic heterocycles. The van der Waals surface area contributed by atoms with E-state index < -0.39 is 5.97 Å². The van der Waals surface area contributed by atoms with E-state index >= 15 is 0 Å². The van der Waals surface area contributed by atoms with Crippen LogP contribution in [0.3, 0.4) is 0 Å². The Labute approximate surface area is 157 Å². The molecule has 3 aromatic rings. The minimum atomic E-state index is -0.947. The van der Waals surface area contributed by atoms with E-state index in [2.05, 4.69) is 4.90 Å². The van der Waals surface area contributed by atoms with Gasteiger partial charge in [-0.15, -0.1) is 0 Å². The van der Waals surface area contributed by atoms with Crippen molar-refractivity contribution in [3.63, 3.8) is 0 Å². The van der Waals surface area contributed by atoms with Crippen molar-refractivity contribution in [1.82, 2.24) is 4.98 Å². The van der Waals surface area contributed by atoms with Crippen molar-refractivity contribution in [3.8, 4) is 11.3 Å². The molecule has 0 atom stereocenters. The highest BCUT2D eigenvalue weighted by molar-refractivity contribution is 6.31. The van der Waals surface area contributed by atoms with Crippen LogP contribution in [0.25, 0.3) is 22.2 Å². The van der Waals surface area contributed by atoms with Crippen LogP contribution < -0.4 is 4.90 Å². The Morgan fingerprint density at radius 1 is 1.04 bits per heavy atom. The zero-order valence-electron chi connectivity index (χ0n) is 14.3. The molecule has 0 bridgehead atoms. The minimum absolute atomic E-state index is 0.290. The smallest absolute Gasteiger partial charge is 0.338 e. The first-order valence-corrected chi connectivity index (χ1v) is 9.20. The lowest BCUT2D eigenvalue weighted by molar-refractivity contribution is 0.0699. The largest absolute Gasteiger partial charge is 0.478 e. The fourth-order valence-electron chi connectivity index (χ4n) is 3.66. The molecular formula is C21H19ClN2O2. The van der Waals surface area contributed by atoms with Crippen LogP contribution in [0.2, 0.25) is 5.02 Å². The third-order valence-electron chi connectivity index (χ3n) is 4.85. The first-order valence-electron chi connectivity index (χ1n) is 8.82. The van der Waals surface area contributed by atoms with Crippen molar-refractivity contribution < 1.29 is 9.90 Å². The first kappa shape index (κ1) is 16.9. The highest BCUT2D eigenvalue weighted by Crippen LogP contribution is 2.38. The van der Waals surface area contributed by atoms with Gasteiger partial charge in [0.25, 0.3) is 0 Å². The number of piperidine rings is 1. The maximum atomic E-state index is 12.3. The second kappa shape index (κ2) is 6.96. The van der Waals surface area contributed by atoms with Crippen LogP contribution in [-0.4, -0.2) is 29.1 Å². The monoisotopic (exact) mass is 366 g/mol. The van der Waals surface area contributed by atoms with Gasteiger partial charge in [0, 0.05) is 29.1 Å². The van der Waals surface area contributed by atoms with Crippen molar-refractivity contribution in [2.75, 3.05) is 18.0 Å². The SMILES string of the molecule is O=C(O)c1c(N2CCCCC2)c(-c2ccccc2)nc2ccc(Cl)cc12. The van der Waals surface area contributed by atoms with E-state index in [0.717, 1.165) is 37.2 Å². The number of benzene rings is 2. The summed E-state index contributed by atoms with van der Waals surface area (Å²) in [5, 5.41) is 11.2. The molecule has 1 aromatic heterocycles. The predicted molar refractivity (Wildman–Crippen MR) is 105 cm³/mol. The lowest BCUT2D eigenvalue weighted by atomic mass is 9.98. The maximum Gasteiger partial charge on any atom is 0.338 e. The number of aromatic carboxylic acids is 1. The molecule has 4 rings (SSSR count). The van der Waals surface area contributed by atoms with Gasteiger partial charge in [0.1, 0.15) is 0 Å². The Morgan fingerprint density at radius 2 is 1.77 bits per heavy atom. The van der Waals surface area contributed by atoms with Crippen molar-refractivity contribution in [2.45, 2.75) is 19.3 Å². The number of carboxylic acid groups (broad SMARTS) is 1. The number of pyridine rings is 1. The molecule has 1 saturated heterocycles. The number of rotatable bonds is 3. The molecule has 0 spiro atoms. The fraction of sp³-hybridized carbons (Fsp3) is 0.238. The molecular weight excluding hydrogens is 348 g/mol. The van der Waals surface area contributed by atoms with E-state index in [1.807, 2.05) is 30.3 Å². The summed E-state index contributed by atoms with van der Waals surface area (Å²) in [5.74, 6) is -0.947. The van der Waals surface area contributed by atoms with Crippen LogP contribution in [0.5, 0.6) is 0 Å². The second-order valence-corrected chi connectivity index (χ2v) is 7.00. The molecule has 26 heavy (non-hydrogen) atoms. The summed E-state index contributed by atoms with van der Waals surface area (Å²) in [7, 11) is 0. The summed E-state index contributed by atoms with van der Waals surface area (Å²) in [6.45, 7) is 1.68. The maximum absolute atomic E-state index is 12.3. The Bertz CT molecular complexity index is 967. The molecule has 0 aliphatic carbocycles. The summed E-state index contributed by atoms with van der Waals surface area (Å²) < 4.78 is 0. The summed E-state index contributed by atoms with van der Waals surface area (Å²) in [6.07, 6.45) is 3.29. The number of anilines is 1. The zero-order chi connectivity index (χ0) is 18.1. The molecule has 2 heterocycles. The summed E-state index contributed by atoms with van der Waals surface area (Å²) in [4.78, 5) is 19.3. The molecule has 0 unspecified atom stereocenters. The van der Waals surface area contributed by atoms with Crippen molar-refractivity contribution in [2.24, 2.45) is 0 Å². The minimum Gasteiger partial charge on any atom is -0.478 e. The van der Waals surface area contributed by atoms with E-state index in [-0.39, 0.29) is 0 Å². The van der Waals surface area contributed by atoms with Crippen molar-refractivity contribution in [3.05, 3.63) is 59.1 Å². The normalized spacial score (nSPS) is 14.6. The number of halogens is 1. The quantitative estimate of drug-likeness (QED) is 0.688. The Hall–Kier alpha value is -2.59. The van der Waals surface area contributed by atoms with Gasteiger partial charge in [-0.1, -0.05) is 41.9 Å². The number of hydrogen-bond donors (Lipinski definition) is 1. The third kappa shape index (κ3) is 3.01. The number of aromatic nitrogens is 1. The van der Waals surface area contributed by atoms with Gasteiger partial charge in [-0.25, -0.2) is 9.78 Å². The van der Waals surface area contributed by atoms with Crippen LogP contribution in [0.1, 0.15) is 29.6 Å². The standard InChI is InChI=1S/C21H19ClN2O2/c22-15-9-10-17-16(13-15)18(21(25)26)20(24-11-5-2-6-12-24)19(23-17)14-7-3-1-4-8-14/h1,3-4,7-10,13H,2,5-6,11-12H2,(H,25,26). The number of fused-ring (bicyclic) bond motifs is 1. The Kier molecular flexibility index (Phi) is 4.51. The lowest BCUT2D eigenvalue weighted by Gasteiger charge is -2.32. The molecule has 0 radical (unpaired) electrons. The zero-order valence-corrected chi connectivity index (χ0v) is 15.0. The first-order chi connectivity index (χ1) is 12.6. The van der Waals surface area contributed by atoms with Crippen LogP contribution >= 0.6 is 11.6 Å². The summed E-state index contributed by atoms with van der Waals surface area (Å²) in [6, 6.07) is 15.0. The number of nitrogens with zero attached hydrogens (tertiary/aromatic N) is 2. The lowest BCUT2D eigenvalue weighted by Crippen LogP contribution is -2.31. The molecule has 0 amide bonds. The number of hydrogen-bond acceptors (Lipinski definition) is 3. The van der Waals surface area contributed by atoms with Gasteiger partial charge in [-0.2, -0.15) is 0 Å². The van der Waals surface area contributed by atoms with Gasteiger partial charge >= 0.3 is 5.97 Å². The average molecular weight is 367 g/mol. The van der Waals surface area contributed by atoms with Gasteiger partial charge in [0.2, 0.25) is 0 Å². The molecule has 1 fully saturated rings. The van der Waals surface area contributed by atoms with E-state index in [9.17, 15) is 9.90 Å². The third-order valence-corrected chi connectivity index (χ3v) is 5.09. The van der Waals surface area contributed by atoms with Crippen LogP contribution in [0.15, 0.2) is 48.5 Å². The van der Waals surface area contributed by atoms with Gasteiger partial charge in [0.15, 0.2) is 0 Å². The molecule has 5 heteroatoms. The highest BCUT2D eigenvalue weighted by atomic mass is 35.5. The van der Waals surface area contributed by atoms with Crippen LogP contribution in [-0.2, 0) is 0 Å². The van der Waals surface area contributed by atoms with Gasteiger partial charge in [-0.05, 0) is 37.5 Å². The van der Waals surface area contributed by atoms with E-state index in [1.165, 1.54) is 6.42 Å². The van der Waals surface area contributed by atoms with E-state index in [0.29, 0.717) is 27.2 Å². The molecule has 2 aromatic carbocycles. The van der Waals surface area contributed by atoms with Gasteiger partial charge < -0.3 is 10.0 Å². The number of carbonyl (C=O) groups is 1. The van der Waals surface area contributed by atoms with Gasteiger partial charge in [0.05, 0.1) is 22.5 Å². The summed E-state index contributed by atoms with van der Waals surface area (Å²) in [5.41, 5.74) is 3.29. The van der Waals surface area contributed by atoms with Crippen LogP contribution in [0, 0.1) is 0 Å². The van der Waals surface area contributed by atoms with E-state index in [4.69, 9.17) is 16.6 Å². The Balaban J connectivity index is 2.07. The molecule has 0 saturated carbocycles. The summed E-state index contributed by atoms with van der Waals surface area (Å²) >= 11 is 6.16. The van der Waals surface area contributed by atoms with Gasteiger partial charge in [-0.3, -0.25) is 0 Å². The Morgan fingerprint density at radius 3 is 2.46 bits per heavy atom. The molecule has 1 N–H and O–H groups in total. The fourth-order valence-corrected chi connectivity index (χ4v) is 3.84. The predicted octanol–water partition coefficient (Wildman–Crippen LogP) is 5.24. The topological polar surface area (TPSA) is 53.4 Å². The van der Waals surface area contributed by atoms with Crippen molar-refractivity contribution >= 4 is 34.2 Å². The van der Waals surface area contributed by atoms with Crippen molar-refractivity contribution in [1.29, 1.82) is 0 Å². The molecule has 4 nitrogen and oxygen atoms in total. The molecule has 1 aliphatic rings. The van der Waals surface area contributed by atoms with E-state index in [1.54, 1.807) is 18.2 Å². The molecule has 132 valence electrons. The van der Waals surface area contributed by atoms with Crippen LogP contribution in [0.4, 0.5) is 5.69 Å². The average Bonchev–Trinajstić information content (AvgIpc) is 2.67. The second-order valence-electron chi connectivity index (χ2n) is 6.56. The number of carboxylic acids is 1. The highest BCUT2D eigenvalue weighted by Gasteiger charge is 2.26.